The number of rotatable bonds is 6. The smallest absolute Gasteiger partial charge is 0.184 e. The topological polar surface area (TPSA) is 68.9 Å². The number of hydrogen-bond donors (Lipinski definition) is 2. The Bertz CT molecular complexity index is 769. The van der Waals surface area contributed by atoms with Gasteiger partial charge in [0.2, 0.25) is 0 Å². The van der Waals surface area contributed by atoms with E-state index in [9.17, 15) is 0 Å². The highest BCUT2D eigenvalue weighted by molar-refractivity contribution is 7.80. The molecule has 0 bridgehead atoms. The summed E-state index contributed by atoms with van der Waals surface area (Å²) >= 11 is 16.8. The van der Waals surface area contributed by atoms with Crippen LogP contribution in [0.3, 0.4) is 0 Å². The van der Waals surface area contributed by atoms with E-state index in [1.54, 1.807) is 31.5 Å². The molecule has 2 aromatic rings. The maximum absolute atomic E-state index is 6.17. The molecular weight excluding hydrogens is 369 g/mol. The quantitative estimate of drug-likeness (QED) is 0.451. The van der Waals surface area contributed by atoms with Crippen molar-refractivity contribution in [1.82, 2.24) is 5.43 Å². The third-order valence-electron chi connectivity index (χ3n) is 2.99. The van der Waals surface area contributed by atoms with Crippen LogP contribution in [0.4, 0.5) is 0 Å². The Morgan fingerprint density at radius 2 is 2.12 bits per heavy atom. The van der Waals surface area contributed by atoms with Gasteiger partial charge in [-0.3, -0.25) is 5.43 Å². The van der Waals surface area contributed by atoms with Crippen LogP contribution in [-0.4, -0.2) is 18.4 Å². The lowest BCUT2D eigenvalue weighted by Gasteiger charge is -2.14. The molecule has 0 spiro atoms. The molecule has 126 valence electrons. The number of ether oxygens (including phenoxy) is 2. The van der Waals surface area contributed by atoms with Gasteiger partial charge in [0.25, 0.3) is 0 Å². The molecule has 2 aromatic carbocycles. The Labute approximate surface area is 155 Å². The van der Waals surface area contributed by atoms with Crippen molar-refractivity contribution in [3.05, 3.63) is 57.6 Å². The summed E-state index contributed by atoms with van der Waals surface area (Å²) in [5, 5.41) is 5.11. The maximum atomic E-state index is 6.17. The van der Waals surface area contributed by atoms with Gasteiger partial charge in [-0.1, -0.05) is 35.3 Å². The molecule has 0 atom stereocenters. The molecule has 5 nitrogen and oxygen atoms in total. The van der Waals surface area contributed by atoms with Gasteiger partial charge in [-0.2, -0.15) is 5.10 Å². The van der Waals surface area contributed by atoms with Gasteiger partial charge < -0.3 is 15.2 Å². The molecular formula is C16H15Cl2N3O2S. The van der Waals surface area contributed by atoms with Crippen LogP contribution in [0.2, 0.25) is 10.0 Å². The van der Waals surface area contributed by atoms with Crippen LogP contribution in [0.15, 0.2) is 41.5 Å². The highest BCUT2D eigenvalue weighted by Gasteiger charge is 2.11. The van der Waals surface area contributed by atoms with Crippen molar-refractivity contribution in [2.75, 3.05) is 7.11 Å². The summed E-state index contributed by atoms with van der Waals surface area (Å²) in [7, 11) is 1.56. The zero-order valence-electron chi connectivity index (χ0n) is 12.8. The van der Waals surface area contributed by atoms with E-state index in [2.05, 4.69) is 10.5 Å². The Hall–Kier alpha value is -2.02. The zero-order chi connectivity index (χ0) is 17.5. The predicted molar refractivity (Wildman–Crippen MR) is 101 cm³/mol. The molecule has 0 aromatic heterocycles. The van der Waals surface area contributed by atoms with Crippen molar-refractivity contribution < 1.29 is 9.47 Å². The molecule has 8 heteroatoms. The number of thiocarbonyl (C=S) groups is 1. The lowest BCUT2D eigenvalue weighted by Crippen LogP contribution is -2.24. The van der Waals surface area contributed by atoms with Crippen LogP contribution in [0.25, 0.3) is 0 Å². The number of methoxy groups -OCH3 is 1. The van der Waals surface area contributed by atoms with E-state index in [4.69, 9.17) is 50.6 Å². The van der Waals surface area contributed by atoms with Gasteiger partial charge in [-0.05, 0) is 36.5 Å². The van der Waals surface area contributed by atoms with E-state index in [1.807, 2.05) is 18.2 Å². The largest absolute Gasteiger partial charge is 0.493 e. The molecule has 0 fully saturated rings. The van der Waals surface area contributed by atoms with Crippen LogP contribution < -0.4 is 20.6 Å². The van der Waals surface area contributed by atoms with E-state index >= 15 is 0 Å². The van der Waals surface area contributed by atoms with E-state index in [0.29, 0.717) is 27.1 Å². The Kier molecular flexibility index (Phi) is 6.66. The third-order valence-corrected chi connectivity index (χ3v) is 3.67. The second-order valence-electron chi connectivity index (χ2n) is 4.64. The standard InChI is InChI=1S/C16H15Cl2N3O2S/c1-22-14-4-2-3-10(8-20-21-16(19)24)15(14)23-9-11-5-6-12(17)7-13(11)18/h2-8H,9H2,1H3,(H3,19,21,24)/b20-8+. The number of hydrogen-bond acceptors (Lipinski definition) is 4. The van der Waals surface area contributed by atoms with Gasteiger partial charge in [-0.15, -0.1) is 0 Å². The zero-order valence-corrected chi connectivity index (χ0v) is 15.1. The fourth-order valence-electron chi connectivity index (χ4n) is 1.90. The van der Waals surface area contributed by atoms with Gasteiger partial charge in [0.15, 0.2) is 16.6 Å². The fraction of sp³-hybridized carbons (Fsp3) is 0.125. The van der Waals surface area contributed by atoms with Crippen LogP contribution in [0.1, 0.15) is 11.1 Å². The van der Waals surface area contributed by atoms with Crippen LogP contribution in [-0.2, 0) is 6.61 Å². The Morgan fingerprint density at radius 3 is 2.79 bits per heavy atom. The van der Waals surface area contributed by atoms with Gasteiger partial charge in [0.05, 0.1) is 13.3 Å². The molecule has 0 radical (unpaired) electrons. The number of benzene rings is 2. The van der Waals surface area contributed by atoms with Crippen molar-refractivity contribution >= 4 is 46.7 Å². The van der Waals surface area contributed by atoms with Crippen LogP contribution in [0, 0.1) is 0 Å². The van der Waals surface area contributed by atoms with Crippen molar-refractivity contribution in [1.29, 1.82) is 0 Å². The van der Waals surface area contributed by atoms with E-state index < -0.39 is 0 Å². The molecule has 3 N–H and O–H groups in total. The molecule has 0 heterocycles. The lowest BCUT2D eigenvalue weighted by atomic mass is 10.2. The van der Waals surface area contributed by atoms with Crippen LogP contribution >= 0.6 is 35.4 Å². The summed E-state index contributed by atoms with van der Waals surface area (Å²) in [5.41, 5.74) is 9.33. The fourth-order valence-corrected chi connectivity index (χ4v) is 2.42. The number of nitrogens with two attached hydrogens (primary N) is 1. The first-order chi connectivity index (χ1) is 11.5. The van der Waals surface area contributed by atoms with Gasteiger partial charge in [0, 0.05) is 21.2 Å². The Morgan fingerprint density at radius 1 is 1.33 bits per heavy atom. The molecule has 0 aliphatic heterocycles. The SMILES string of the molecule is COc1cccc(/C=N/NC(N)=S)c1OCc1ccc(Cl)cc1Cl. The first kappa shape index (κ1) is 18.3. The Balaban J connectivity index is 2.23. The number of nitrogens with one attached hydrogen (secondary N) is 1. The summed E-state index contributed by atoms with van der Waals surface area (Å²) in [5.74, 6) is 1.10. The van der Waals surface area contributed by atoms with Crippen molar-refractivity contribution in [3.8, 4) is 11.5 Å². The number of hydrazone groups is 1. The summed E-state index contributed by atoms with van der Waals surface area (Å²) in [6.45, 7) is 0.250. The minimum Gasteiger partial charge on any atom is -0.493 e. The molecule has 0 saturated heterocycles. The number of para-hydroxylation sites is 1. The monoisotopic (exact) mass is 383 g/mol. The third kappa shape index (κ3) is 4.99. The average Bonchev–Trinajstić information content (AvgIpc) is 2.54. The normalized spacial score (nSPS) is 10.6. The first-order valence-corrected chi connectivity index (χ1v) is 8.00. The van der Waals surface area contributed by atoms with E-state index in [0.717, 1.165) is 5.56 Å². The maximum Gasteiger partial charge on any atom is 0.184 e. The van der Waals surface area contributed by atoms with Crippen LogP contribution in [0.5, 0.6) is 11.5 Å². The minimum absolute atomic E-state index is 0.0737. The highest BCUT2D eigenvalue weighted by atomic mass is 35.5. The van der Waals surface area contributed by atoms with Crippen molar-refractivity contribution in [3.63, 3.8) is 0 Å². The molecule has 0 aliphatic carbocycles. The summed E-state index contributed by atoms with van der Waals surface area (Å²) in [4.78, 5) is 0. The molecule has 0 unspecified atom stereocenters. The first-order valence-electron chi connectivity index (χ1n) is 6.83. The summed E-state index contributed by atoms with van der Waals surface area (Å²) in [6.07, 6.45) is 1.54. The van der Waals surface area contributed by atoms with E-state index in [-0.39, 0.29) is 11.7 Å². The molecule has 0 aliphatic rings. The second kappa shape index (κ2) is 8.73. The van der Waals surface area contributed by atoms with Crippen molar-refractivity contribution in [2.24, 2.45) is 10.8 Å². The predicted octanol–water partition coefficient (Wildman–Crippen LogP) is 3.75. The van der Waals surface area contributed by atoms with Gasteiger partial charge in [-0.25, -0.2) is 0 Å². The van der Waals surface area contributed by atoms with Gasteiger partial charge in [0.1, 0.15) is 6.61 Å². The van der Waals surface area contributed by atoms with E-state index in [1.165, 1.54) is 0 Å². The lowest BCUT2D eigenvalue weighted by molar-refractivity contribution is 0.284. The minimum atomic E-state index is 0.0737. The highest BCUT2D eigenvalue weighted by Crippen LogP contribution is 2.31. The summed E-state index contributed by atoms with van der Waals surface area (Å²) < 4.78 is 11.2. The average molecular weight is 384 g/mol. The number of halogens is 2. The van der Waals surface area contributed by atoms with Gasteiger partial charge >= 0.3 is 0 Å². The molecule has 24 heavy (non-hydrogen) atoms. The summed E-state index contributed by atoms with van der Waals surface area (Å²) in [6, 6.07) is 10.7. The molecule has 2 rings (SSSR count). The number of nitrogens with zero attached hydrogens (tertiary/aromatic N) is 1. The van der Waals surface area contributed by atoms with Crippen molar-refractivity contribution in [2.45, 2.75) is 6.61 Å². The second-order valence-corrected chi connectivity index (χ2v) is 5.92. The molecule has 0 amide bonds. The molecule has 0 saturated carbocycles.